The summed E-state index contributed by atoms with van der Waals surface area (Å²) in [5, 5.41) is 2.59. The van der Waals surface area contributed by atoms with Crippen LogP contribution in [0.25, 0.3) is 16.8 Å². The monoisotopic (exact) mass is 608 g/mol. The minimum atomic E-state index is -0.665. The van der Waals surface area contributed by atoms with Crippen molar-refractivity contribution < 1.29 is 14.3 Å². The van der Waals surface area contributed by atoms with Crippen molar-refractivity contribution in [3.05, 3.63) is 143 Å². The van der Waals surface area contributed by atoms with Crippen LogP contribution in [0.3, 0.4) is 0 Å². The fraction of sp³-hybridized carbons (Fsp3) is 0.171. The maximum atomic E-state index is 14.2. The highest BCUT2D eigenvalue weighted by Crippen LogP contribution is 2.32. The molecule has 0 unspecified atom stereocenters. The number of fused-ring (bicyclic) bond motifs is 2. The van der Waals surface area contributed by atoms with E-state index in [1.54, 1.807) is 18.4 Å². The number of esters is 1. The van der Waals surface area contributed by atoms with Crippen LogP contribution in [0.2, 0.25) is 5.02 Å². The molecule has 8 heteroatoms. The molecule has 6 nitrogen and oxygen atoms in total. The second-order valence-corrected chi connectivity index (χ2v) is 11.7. The summed E-state index contributed by atoms with van der Waals surface area (Å²) in [6, 6.07) is 26.6. The minimum absolute atomic E-state index is 0.221. The number of benzene rings is 4. The Balaban J connectivity index is 1.53. The molecule has 0 N–H and O–H groups in total. The summed E-state index contributed by atoms with van der Waals surface area (Å²) < 4.78 is 13.8. The van der Waals surface area contributed by atoms with Gasteiger partial charge in [-0.1, -0.05) is 101 Å². The van der Waals surface area contributed by atoms with Crippen molar-refractivity contribution in [1.82, 2.24) is 4.57 Å². The highest BCUT2D eigenvalue weighted by atomic mass is 35.5. The molecule has 216 valence electrons. The van der Waals surface area contributed by atoms with E-state index < -0.39 is 12.0 Å². The van der Waals surface area contributed by atoms with Gasteiger partial charge in [-0.05, 0) is 55.3 Å². The van der Waals surface area contributed by atoms with Gasteiger partial charge < -0.3 is 9.47 Å². The second-order valence-electron chi connectivity index (χ2n) is 10.3. The Morgan fingerprint density at radius 1 is 1.00 bits per heavy atom. The van der Waals surface area contributed by atoms with Crippen LogP contribution in [0.1, 0.15) is 42.1 Å². The quantitative estimate of drug-likeness (QED) is 0.198. The number of ether oxygens (including phenoxy) is 2. The number of hydrogen-bond donors (Lipinski definition) is 0. The first-order valence-corrected chi connectivity index (χ1v) is 15.2. The molecule has 1 aliphatic heterocycles. The number of aromatic nitrogens is 1. The Labute approximate surface area is 257 Å². The van der Waals surface area contributed by atoms with Gasteiger partial charge in [-0.2, -0.15) is 0 Å². The highest BCUT2D eigenvalue weighted by molar-refractivity contribution is 7.07. The van der Waals surface area contributed by atoms with Crippen LogP contribution in [0.4, 0.5) is 0 Å². The Hall–Kier alpha value is -4.46. The lowest BCUT2D eigenvalue weighted by atomic mass is 9.95. The maximum absolute atomic E-state index is 14.2. The molecule has 0 amide bonds. The van der Waals surface area contributed by atoms with Gasteiger partial charge in [-0.15, -0.1) is 0 Å². The number of nitrogens with zero attached hydrogens (tertiary/aromatic N) is 2. The van der Waals surface area contributed by atoms with Crippen LogP contribution in [0.15, 0.2) is 106 Å². The average molecular weight is 609 g/mol. The largest absolute Gasteiger partial charge is 0.488 e. The van der Waals surface area contributed by atoms with Gasteiger partial charge in [-0.3, -0.25) is 9.36 Å². The third kappa shape index (κ3) is 5.54. The molecule has 0 aliphatic carbocycles. The lowest BCUT2D eigenvalue weighted by Crippen LogP contribution is -2.39. The second kappa shape index (κ2) is 12.0. The van der Waals surface area contributed by atoms with E-state index in [-0.39, 0.29) is 18.8 Å². The topological polar surface area (TPSA) is 69.9 Å². The van der Waals surface area contributed by atoms with Gasteiger partial charge in [0, 0.05) is 16.1 Å². The first-order chi connectivity index (χ1) is 20.9. The van der Waals surface area contributed by atoms with Crippen molar-refractivity contribution in [2.45, 2.75) is 33.4 Å². The van der Waals surface area contributed by atoms with Gasteiger partial charge in [0.15, 0.2) is 4.80 Å². The fourth-order valence-corrected chi connectivity index (χ4v) is 6.53. The van der Waals surface area contributed by atoms with Crippen molar-refractivity contribution in [2.75, 3.05) is 6.61 Å². The number of halogens is 1. The molecule has 0 radical (unpaired) electrons. The van der Waals surface area contributed by atoms with Gasteiger partial charge in [-0.25, -0.2) is 9.79 Å². The minimum Gasteiger partial charge on any atom is -0.488 e. The van der Waals surface area contributed by atoms with Gasteiger partial charge in [0.1, 0.15) is 12.4 Å². The molecule has 1 aliphatic rings. The van der Waals surface area contributed by atoms with E-state index >= 15 is 0 Å². The van der Waals surface area contributed by atoms with E-state index in [4.69, 9.17) is 26.1 Å². The Bertz CT molecular complexity index is 2080. The number of aryl methyl sites for hydroxylation is 1. The standard InChI is InChI=1S/C35H29ClN2O4S/c1-4-41-34(40)31-22(3)37-35-38(32(31)24-15-13-21(2)14-16-24)33(39)30(43-35)19-27-26-11-7-5-9-23(26)17-18-29(27)42-20-25-10-6-8-12-28(25)36/h5-19,32H,4,20H2,1-3H3/b30-19-/t32-/m1/s1. The molecule has 5 aromatic rings. The molecule has 0 saturated heterocycles. The van der Waals surface area contributed by atoms with E-state index in [2.05, 4.69) is 0 Å². The normalized spacial score (nSPS) is 14.9. The fourth-order valence-electron chi connectivity index (χ4n) is 5.31. The summed E-state index contributed by atoms with van der Waals surface area (Å²) in [7, 11) is 0. The molecule has 4 aromatic carbocycles. The number of rotatable bonds is 7. The zero-order valence-corrected chi connectivity index (χ0v) is 25.5. The van der Waals surface area contributed by atoms with Crippen LogP contribution in [-0.4, -0.2) is 17.1 Å². The van der Waals surface area contributed by atoms with Crippen molar-refractivity contribution in [1.29, 1.82) is 0 Å². The SMILES string of the molecule is CCOC(=O)C1=C(C)N=c2s/c(=C\c3c(OCc4ccccc4Cl)ccc4ccccc34)c(=O)n2[C@@H]1c1ccc(C)cc1. The van der Waals surface area contributed by atoms with Crippen molar-refractivity contribution in [3.63, 3.8) is 0 Å². The molecule has 43 heavy (non-hydrogen) atoms. The Morgan fingerprint density at radius 2 is 1.74 bits per heavy atom. The summed E-state index contributed by atoms with van der Waals surface area (Å²) in [6.07, 6.45) is 1.86. The molecule has 1 atom stereocenters. The molecule has 6 rings (SSSR count). The lowest BCUT2D eigenvalue weighted by molar-refractivity contribution is -0.139. The first-order valence-electron chi connectivity index (χ1n) is 14.0. The van der Waals surface area contributed by atoms with Crippen molar-refractivity contribution in [2.24, 2.45) is 4.99 Å². The van der Waals surface area contributed by atoms with Crippen molar-refractivity contribution in [3.8, 4) is 5.75 Å². The van der Waals surface area contributed by atoms with Crippen LogP contribution in [0, 0.1) is 6.92 Å². The maximum Gasteiger partial charge on any atom is 0.338 e. The lowest BCUT2D eigenvalue weighted by Gasteiger charge is -2.24. The predicted molar refractivity (Wildman–Crippen MR) is 171 cm³/mol. The summed E-state index contributed by atoms with van der Waals surface area (Å²) in [6.45, 7) is 6.04. The van der Waals surface area contributed by atoms with E-state index in [9.17, 15) is 9.59 Å². The molecule has 0 bridgehead atoms. The molecule has 0 spiro atoms. The molecular formula is C35H29ClN2O4S. The zero-order chi connectivity index (χ0) is 30.1. The summed E-state index contributed by atoms with van der Waals surface area (Å²) >= 11 is 7.68. The molecule has 1 aromatic heterocycles. The van der Waals surface area contributed by atoms with Crippen molar-refractivity contribution >= 4 is 45.8 Å². The average Bonchev–Trinajstić information content (AvgIpc) is 3.31. The number of carbonyl (C=O) groups is 1. The zero-order valence-electron chi connectivity index (χ0n) is 24.0. The van der Waals surface area contributed by atoms with Crippen LogP contribution in [-0.2, 0) is 16.1 Å². The Morgan fingerprint density at radius 3 is 2.51 bits per heavy atom. The number of thiazole rings is 1. The molecule has 0 saturated carbocycles. The Kier molecular flexibility index (Phi) is 8.02. The smallest absolute Gasteiger partial charge is 0.338 e. The molecule has 2 heterocycles. The van der Waals surface area contributed by atoms with E-state index in [0.29, 0.717) is 31.4 Å². The summed E-state index contributed by atoms with van der Waals surface area (Å²) in [5.41, 5.74) is 4.18. The van der Waals surface area contributed by atoms with Crippen LogP contribution in [0.5, 0.6) is 5.75 Å². The first kappa shape index (κ1) is 28.6. The summed E-state index contributed by atoms with van der Waals surface area (Å²) in [4.78, 5) is 32.6. The summed E-state index contributed by atoms with van der Waals surface area (Å²) in [5.74, 6) is 0.149. The number of hydrogen-bond acceptors (Lipinski definition) is 6. The van der Waals surface area contributed by atoms with Gasteiger partial charge in [0.25, 0.3) is 5.56 Å². The number of carbonyl (C=O) groups excluding carboxylic acids is 1. The highest BCUT2D eigenvalue weighted by Gasteiger charge is 2.33. The predicted octanol–water partition coefficient (Wildman–Crippen LogP) is 6.49. The van der Waals surface area contributed by atoms with Crippen LogP contribution < -0.4 is 19.6 Å². The van der Waals surface area contributed by atoms with Gasteiger partial charge in [0.05, 0.1) is 28.5 Å². The molecular weight excluding hydrogens is 580 g/mol. The third-order valence-corrected chi connectivity index (χ3v) is 8.81. The van der Waals surface area contributed by atoms with E-state index in [1.807, 2.05) is 97.9 Å². The third-order valence-electron chi connectivity index (χ3n) is 7.46. The van der Waals surface area contributed by atoms with E-state index in [1.165, 1.54) is 11.3 Å². The van der Waals surface area contributed by atoms with Gasteiger partial charge >= 0.3 is 5.97 Å². The number of allylic oxidation sites excluding steroid dienone is 1. The molecule has 0 fully saturated rings. The van der Waals surface area contributed by atoms with Gasteiger partial charge in [0.2, 0.25) is 0 Å². The van der Waals surface area contributed by atoms with E-state index in [0.717, 1.165) is 33.0 Å². The van der Waals surface area contributed by atoms with Crippen LogP contribution >= 0.6 is 22.9 Å².